The van der Waals surface area contributed by atoms with Crippen LogP contribution in [0.4, 0.5) is 0 Å². The van der Waals surface area contributed by atoms with E-state index in [9.17, 15) is 0 Å². The third kappa shape index (κ3) is 3.33. The Morgan fingerprint density at radius 3 is 2.10 bits per heavy atom. The fourth-order valence-corrected chi connectivity index (χ4v) is 4.42. The lowest BCUT2D eigenvalue weighted by Crippen LogP contribution is -2.18. The molecule has 0 bridgehead atoms. The quantitative estimate of drug-likeness (QED) is 0.793. The van der Waals surface area contributed by atoms with E-state index in [2.05, 4.69) is 67.1 Å². The molecule has 0 radical (unpaired) electrons. The van der Waals surface area contributed by atoms with E-state index in [4.69, 9.17) is 0 Å². The van der Waals surface area contributed by atoms with Gasteiger partial charge in [-0.1, -0.05) is 17.7 Å². The Balaban J connectivity index is 2.31. The number of nitrogens with one attached hydrogen (secondary N) is 1. The SMILES string of the molecule is CNC(Cc1c(C)cc(C)cc1C)c1cc(C)c(Br)s1. The van der Waals surface area contributed by atoms with Gasteiger partial charge in [-0.05, 0) is 85.4 Å². The minimum Gasteiger partial charge on any atom is -0.312 e. The Hall–Kier alpha value is -0.640. The van der Waals surface area contributed by atoms with Crippen LogP contribution < -0.4 is 5.32 Å². The smallest absolute Gasteiger partial charge is 0.0731 e. The highest BCUT2D eigenvalue weighted by atomic mass is 79.9. The molecule has 1 aromatic carbocycles. The van der Waals surface area contributed by atoms with E-state index in [1.165, 1.54) is 36.5 Å². The van der Waals surface area contributed by atoms with Crippen molar-refractivity contribution in [1.29, 1.82) is 0 Å². The summed E-state index contributed by atoms with van der Waals surface area (Å²) in [5.74, 6) is 0. The molecular formula is C17H22BrNS. The van der Waals surface area contributed by atoms with E-state index >= 15 is 0 Å². The standard InChI is InChI=1S/C17H22BrNS/c1-10-6-11(2)14(12(3)7-10)9-15(19-5)16-8-13(4)17(18)20-16/h6-8,15,19H,9H2,1-5H3. The van der Waals surface area contributed by atoms with Crippen molar-refractivity contribution in [3.8, 4) is 0 Å². The van der Waals surface area contributed by atoms with Crippen LogP contribution in [0.1, 0.15) is 38.7 Å². The van der Waals surface area contributed by atoms with Crippen LogP contribution in [0.5, 0.6) is 0 Å². The lowest BCUT2D eigenvalue weighted by atomic mass is 9.94. The van der Waals surface area contributed by atoms with Gasteiger partial charge in [0.25, 0.3) is 0 Å². The second kappa shape index (κ2) is 6.42. The first-order valence-electron chi connectivity index (χ1n) is 6.92. The number of thiophene rings is 1. The number of likely N-dealkylation sites (N-methyl/N-ethyl adjacent to an activating group) is 1. The lowest BCUT2D eigenvalue weighted by molar-refractivity contribution is 0.599. The van der Waals surface area contributed by atoms with Crippen molar-refractivity contribution in [3.05, 3.63) is 54.7 Å². The Labute approximate surface area is 134 Å². The molecule has 0 saturated carbocycles. The van der Waals surface area contributed by atoms with E-state index in [0.29, 0.717) is 6.04 Å². The Morgan fingerprint density at radius 1 is 1.05 bits per heavy atom. The van der Waals surface area contributed by atoms with Crippen LogP contribution in [0.2, 0.25) is 0 Å². The van der Waals surface area contributed by atoms with Gasteiger partial charge in [0, 0.05) is 10.9 Å². The number of aryl methyl sites for hydroxylation is 4. The summed E-state index contributed by atoms with van der Waals surface area (Å²) in [4.78, 5) is 1.40. The molecule has 1 unspecified atom stereocenters. The van der Waals surface area contributed by atoms with Crippen LogP contribution in [-0.4, -0.2) is 7.05 Å². The fraction of sp³-hybridized carbons (Fsp3) is 0.412. The molecule has 20 heavy (non-hydrogen) atoms. The molecule has 0 amide bonds. The van der Waals surface area contributed by atoms with Crippen molar-refractivity contribution in [3.63, 3.8) is 0 Å². The molecule has 0 aliphatic heterocycles. The van der Waals surface area contributed by atoms with Crippen LogP contribution in [0, 0.1) is 27.7 Å². The zero-order valence-electron chi connectivity index (χ0n) is 12.8. The first kappa shape index (κ1) is 15.7. The zero-order valence-corrected chi connectivity index (χ0v) is 15.2. The Kier molecular flexibility index (Phi) is 5.05. The average molecular weight is 352 g/mol. The number of halogens is 1. The first-order chi connectivity index (χ1) is 9.42. The van der Waals surface area contributed by atoms with E-state index in [0.717, 1.165) is 6.42 Å². The minimum atomic E-state index is 0.380. The second-order valence-electron chi connectivity index (χ2n) is 5.53. The first-order valence-corrected chi connectivity index (χ1v) is 8.53. The molecule has 1 nitrogen and oxygen atoms in total. The van der Waals surface area contributed by atoms with Crippen molar-refractivity contribution in [2.45, 2.75) is 40.2 Å². The molecule has 0 fully saturated rings. The topological polar surface area (TPSA) is 12.0 Å². The zero-order chi connectivity index (χ0) is 14.9. The van der Waals surface area contributed by atoms with Gasteiger partial charge >= 0.3 is 0 Å². The minimum absolute atomic E-state index is 0.380. The highest BCUT2D eigenvalue weighted by molar-refractivity contribution is 9.11. The van der Waals surface area contributed by atoms with Crippen LogP contribution in [0.15, 0.2) is 22.0 Å². The van der Waals surface area contributed by atoms with Gasteiger partial charge in [0.15, 0.2) is 0 Å². The molecule has 0 aliphatic carbocycles. The van der Waals surface area contributed by atoms with Gasteiger partial charge in [0.1, 0.15) is 0 Å². The summed E-state index contributed by atoms with van der Waals surface area (Å²) in [7, 11) is 2.05. The Bertz CT molecular complexity index is 573. The van der Waals surface area contributed by atoms with Crippen molar-refractivity contribution >= 4 is 27.3 Å². The van der Waals surface area contributed by atoms with Gasteiger partial charge < -0.3 is 5.32 Å². The maximum absolute atomic E-state index is 3.63. The lowest BCUT2D eigenvalue weighted by Gasteiger charge is -2.18. The van der Waals surface area contributed by atoms with Crippen LogP contribution in [0.3, 0.4) is 0 Å². The number of rotatable bonds is 4. The summed E-state index contributed by atoms with van der Waals surface area (Å²) in [5, 5.41) is 3.47. The predicted octanol–water partition coefficient (Wildman–Crippen LogP) is 5.25. The van der Waals surface area contributed by atoms with Gasteiger partial charge in [-0.15, -0.1) is 11.3 Å². The van der Waals surface area contributed by atoms with E-state index < -0.39 is 0 Å². The third-order valence-electron chi connectivity index (χ3n) is 3.82. The molecule has 2 aromatic rings. The maximum atomic E-state index is 3.63. The molecule has 2 rings (SSSR count). The normalized spacial score (nSPS) is 12.7. The second-order valence-corrected chi connectivity index (χ2v) is 7.93. The molecule has 1 N–H and O–H groups in total. The van der Waals surface area contributed by atoms with Crippen LogP contribution in [0.25, 0.3) is 0 Å². The van der Waals surface area contributed by atoms with E-state index in [1.54, 1.807) is 0 Å². The molecule has 3 heteroatoms. The van der Waals surface area contributed by atoms with E-state index in [-0.39, 0.29) is 0 Å². The van der Waals surface area contributed by atoms with Crippen molar-refractivity contribution in [2.24, 2.45) is 0 Å². The maximum Gasteiger partial charge on any atom is 0.0731 e. The molecule has 0 spiro atoms. The van der Waals surface area contributed by atoms with Gasteiger partial charge in [-0.2, -0.15) is 0 Å². The molecule has 1 aromatic heterocycles. The summed E-state index contributed by atoms with van der Waals surface area (Å²) in [6.45, 7) is 8.76. The van der Waals surface area contributed by atoms with Crippen LogP contribution in [-0.2, 0) is 6.42 Å². The van der Waals surface area contributed by atoms with Crippen LogP contribution >= 0.6 is 27.3 Å². The molecule has 0 aliphatic rings. The third-order valence-corrected chi connectivity index (χ3v) is 6.07. The highest BCUT2D eigenvalue weighted by Gasteiger charge is 2.16. The Morgan fingerprint density at radius 2 is 1.65 bits per heavy atom. The number of hydrogen-bond acceptors (Lipinski definition) is 2. The monoisotopic (exact) mass is 351 g/mol. The molecule has 1 heterocycles. The average Bonchev–Trinajstić information content (AvgIpc) is 2.68. The van der Waals surface area contributed by atoms with Gasteiger partial charge in [0.05, 0.1) is 3.79 Å². The predicted molar refractivity (Wildman–Crippen MR) is 92.9 cm³/mol. The molecule has 1 atom stereocenters. The van der Waals surface area contributed by atoms with Gasteiger partial charge in [-0.25, -0.2) is 0 Å². The van der Waals surface area contributed by atoms with Gasteiger partial charge in [0.2, 0.25) is 0 Å². The number of hydrogen-bond donors (Lipinski definition) is 1. The fourth-order valence-electron chi connectivity index (χ4n) is 2.74. The van der Waals surface area contributed by atoms with E-state index in [1.807, 2.05) is 18.4 Å². The summed E-state index contributed by atoms with van der Waals surface area (Å²) in [6, 6.07) is 7.23. The number of benzene rings is 1. The van der Waals surface area contributed by atoms with Gasteiger partial charge in [-0.3, -0.25) is 0 Å². The highest BCUT2D eigenvalue weighted by Crippen LogP contribution is 2.33. The van der Waals surface area contributed by atoms with Crippen molar-refractivity contribution < 1.29 is 0 Å². The molecular weight excluding hydrogens is 330 g/mol. The summed E-state index contributed by atoms with van der Waals surface area (Å²) in [5.41, 5.74) is 6.93. The largest absolute Gasteiger partial charge is 0.312 e. The molecule has 0 saturated heterocycles. The molecule has 108 valence electrons. The summed E-state index contributed by atoms with van der Waals surface area (Å²) < 4.78 is 1.24. The summed E-state index contributed by atoms with van der Waals surface area (Å²) in [6.07, 6.45) is 1.04. The van der Waals surface area contributed by atoms with Crippen molar-refractivity contribution in [2.75, 3.05) is 7.05 Å². The van der Waals surface area contributed by atoms with Crippen molar-refractivity contribution in [1.82, 2.24) is 5.32 Å². The summed E-state index contributed by atoms with van der Waals surface area (Å²) >= 11 is 5.46.